The molecule has 1 aromatic carbocycles. The molecule has 1 atom stereocenters. The second-order valence-electron chi connectivity index (χ2n) is 7.69. The van der Waals surface area contributed by atoms with Crippen LogP contribution in [0.2, 0.25) is 0 Å². The summed E-state index contributed by atoms with van der Waals surface area (Å²) in [6.45, 7) is 8.64. The van der Waals surface area contributed by atoms with Crippen LogP contribution in [-0.2, 0) is 4.79 Å². The van der Waals surface area contributed by atoms with Crippen molar-refractivity contribution in [1.29, 1.82) is 0 Å². The Kier molecular flexibility index (Phi) is 6.76. The number of anilines is 1. The molecule has 1 aliphatic rings. The summed E-state index contributed by atoms with van der Waals surface area (Å²) in [5.41, 5.74) is 2.47. The zero-order chi connectivity index (χ0) is 19.4. The van der Waals surface area contributed by atoms with Gasteiger partial charge in [0.1, 0.15) is 0 Å². The zero-order valence-corrected chi connectivity index (χ0v) is 18.0. The molecule has 0 aliphatic heterocycles. The smallest absolute Gasteiger partial charge is 0.230 e. The van der Waals surface area contributed by atoms with Crippen molar-refractivity contribution in [3.05, 3.63) is 35.4 Å². The van der Waals surface area contributed by atoms with E-state index in [0.717, 1.165) is 15.0 Å². The minimum Gasteiger partial charge on any atom is -0.357 e. The molecule has 1 aromatic heterocycles. The molecule has 0 spiro atoms. The maximum atomic E-state index is 12.5. The Balaban J connectivity index is 1.54. The first-order valence-corrected chi connectivity index (χ1v) is 11.3. The van der Waals surface area contributed by atoms with Crippen molar-refractivity contribution in [3.8, 4) is 0 Å². The number of amides is 1. The maximum Gasteiger partial charge on any atom is 0.230 e. The third-order valence-electron chi connectivity index (χ3n) is 4.58. The van der Waals surface area contributed by atoms with E-state index in [-0.39, 0.29) is 11.9 Å². The highest BCUT2D eigenvalue weighted by Crippen LogP contribution is 2.30. The van der Waals surface area contributed by atoms with Gasteiger partial charge < -0.3 is 10.6 Å². The number of hydrogen-bond acceptors (Lipinski definition) is 6. The fourth-order valence-electron chi connectivity index (χ4n) is 2.79. The molecule has 1 fully saturated rings. The predicted molar refractivity (Wildman–Crippen MR) is 114 cm³/mol. The molecule has 0 saturated heterocycles. The van der Waals surface area contributed by atoms with Gasteiger partial charge in [-0.05, 0) is 35.8 Å². The van der Waals surface area contributed by atoms with Gasteiger partial charge in [0, 0.05) is 6.04 Å². The van der Waals surface area contributed by atoms with E-state index in [1.54, 1.807) is 0 Å². The molecular formula is C20H28N4OS2. The van der Waals surface area contributed by atoms with Gasteiger partial charge in [0.15, 0.2) is 4.34 Å². The monoisotopic (exact) mass is 404 g/mol. The summed E-state index contributed by atoms with van der Waals surface area (Å²) >= 11 is 2.96. The van der Waals surface area contributed by atoms with Gasteiger partial charge in [-0.15, -0.1) is 10.2 Å². The number of benzene rings is 1. The molecule has 1 amide bonds. The molecule has 7 heteroatoms. The molecule has 0 bridgehead atoms. The summed E-state index contributed by atoms with van der Waals surface area (Å²) in [5.74, 6) is 1.21. The summed E-state index contributed by atoms with van der Waals surface area (Å²) in [5, 5.41) is 15.7. The summed E-state index contributed by atoms with van der Waals surface area (Å²) < 4.78 is 0.829. The quantitative estimate of drug-likeness (QED) is 0.585. The largest absolute Gasteiger partial charge is 0.357 e. The summed E-state index contributed by atoms with van der Waals surface area (Å²) in [6, 6.07) is 9.16. The fourth-order valence-corrected chi connectivity index (χ4v) is 4.43. The highest BCUT2D eigenvalue weighted by Gasteiger charge is 2.23. The van der Waals surface area contributed by atoms with Crippen LogP contribution in [0.3, 0.4) is 0 Å². The molecule has 0 unspecified atom stereocenters. The lowest BCUT2D eigenvalue weighted by Gasteiger charge is -2.23. The van der Waals surface area contributed by atoms with Gasteiger partial charge in [0.2, 0.25) is 11.0 Å². The number of thioether (sulfide) groups is 1. The molecule has 1 aliphatic carbocycles. The fraction of sp³-hybridized carbons (Fsp3) is 0.550. The van der Waals surface area contributed by atoms with Crippen LogP contribution < -0.4 is 10.6 Å². The zero-order valence-electron chi connectivity index (χ0n) is 16.4. The Labute approximate surface area is 169 Å². The Morgan fingerprint density at radius 1 is 1.15 bits per heavy atom. The standard InChI is InChI=1S/C20H28N4OS2/c1-12(2)14-5-7-15(8-6-14)18(13(3)4)22-17(25)11-26-20-24-23-19(27-20)21-16-9-10-16/h5-8,12-13,16,18H,9-11H2,1-4H3,(H,21,23)(H,22,25)/t18-/m0/s1. The van der Waals surface area contributed by atoms with Crippen molar-refractivity contribution in [2.24, 2.45) is 5.92 Å². The Bertz CT molecular complexity index is 754. The molecule has 27 heavy (non-hydrogen) atoms. The number of rotatable bonds is 9. The summed E-state index contributed by atoms with van der Waals surface area (Å²) in [7, 11) is 0. The summed E-state index contributed by atoms with van der Waals surface area (Å²) in [6.07, 6.45) is 2.42. The molecule has 1 saturated carbocycles. The van der Waals surface area contributed by atoms with E-state index in [4.69, 9.17) is 0 Å². The molecule has 146 valence electrons. The first-order chi connectivity index (χ1) is 12.9. The van der Waals surface area contributed by atoms with Crippen molar-refractivity contribution in [2.75, 3.05) is 11.1 Å². The van der Waals surface area contributed by atoms with Crippen LogP contribution in [0.1, 0.15) is 63.6 Å². The molecule has 2 N–H and O–H groups in total. The van der Waals surface area contributed by atoms with Crippen LogP contribution in [0.15, 0.2) is 28.6 Å². The summed E-state index contributed by atoms with van der Waals surface area (Å²) in [4.78, 5) is 12.5. The van der Waals surface area contributed by atoms with Crippen molar-refractivity contribution in [3.63, 3.8) is 0 Å². The topological polar surface area (TPSA) is 66.9 Å². The van der Waals surface area contributed by atoms with Gasteiger partial charge in [-0.1, -0.05) is 75.1 Å². The van der Waals surface area contributed by atoms with Crippen LogP contribution in [-0.4, -0.2) is 27.9 Å². The lowest BCUT2D eigenvalue weighted by atomic mass is 9.93. The van der Waals surface area contributed by atoms with Crippen LogP contribution in [0.5, 0.6) is 0 Å². The van der Waals surface area contributed by atoms with Crippen LogP contribution in [0.25, 0.3) is 0 Å². The Morgan fingerprint density at radius 3 is 2.41 bits per heavy atom. The Morgan fingerprint density at radius 2 is 1.81 bits per heavy atom. The third kappa shape index (κ3) is 5.94. The van der Waals surface area contributed by atoms with Gasteiger partial charge >= 0.3 is 0 Å². The minimum atomic E-state index is 0.0147. The molecule has 5 nitrogen and oxygen atoms in total. The lowest BCUT2D eigenvalue weighted by molar-refractivity contribution is -0.119. The van der Waals surface area contributed by atoms with Crippen LogP contribution >= 0.6 is 23.1 Å². The van der Waals surface area contributed by atoms with E-state index in [2.05, 4.69) is 72.8 Å². The average molecular weight is 405 g/mol. The first-order valence-electron chi connectivity index (χ1n) is 9.54. The van der Waals surface area contributed by atoms with E-state index in [0.29, 0.717) is 23.6 Å². The van der Waals surface area contributed by atoms with Crippen molar-refractivity contribution >= 4 is 34.1 Å². The number of carbonyl (C=O) groups is 1. The van der Waals surface area contributed by atoms with Crippen molar-refractivity contribution < 1.29 is 4.79 Å². The SMILES string of the molecule is CC(C)c1ccc([C@@H](NC(=O)CSc2nnc(NC3CC3)s2)C(C)C)cc1. The first kappa shape index (κ1) is 20.1. The Hall–Kier alpha value is -1.60. The molecule has 0 radical (unpaired) electrons. The van der Waals surface area contributed by atoms with E-state index < -0.39 is 0 Å². The highest BCUT2D eigenvalue weighted by atomic mass is 32.2. The number of aromatic nitrogens is 2. The van der Waals surface area contributed by atoms with Gasteiger partial charge in [-0.2, -0.15) is 0 Å². The van der Waals surface area contributed by atoms with Gasteiger partial charge in [0.25, 0.3) is 0 Å². The maximum absolute atomic E-state index is 12.5. The number of nitrogens with zero attached hydrogens (tertiary/aromatic N) is 2. The highest BCUT2D eigenvalue weighted by molar-refractivity contribution is 8.01. The lowest BCUT2D eigenvalue weighted by Crippen LogP contribution is -2.33. The number of nitrogens with one attached hydrogen (secondary N) is 2. The van der Waals surface area contributed by atoms with Crippen LogP contribution in [0.4, 0.5) is 5.13 Å². The molecule has 3 rings (SSSR count). The van der Waals surface area contributed by atoms with E-state index in [9.17, 15) is 4.79 Å². The minimum absolute atomic E-state index is 0.0147. The molecule has 2 aromatic rings. The van der Waals surface area contributed by atoms with Gasteiger partial charge in [0.05, 0.1) is 11.8 Å². The van der Waals surface area contributed by atoms with Crippen molar-refractivity contribution in [2.45, 2.75) is 62.9 Å². The van der Waals surface area contributed by atoms with Gasteiger partial charge in [-0.25, -0.2) is 0 Å². The molecule has 1 heterocycles. The second kappa shape index (κ2) is 9.06. The van der Waals surface area contributed by atoms with Crippen molar-refractivity contribution in [1.82, 2.24) is 15.5 Å². The van der Waals surface area contributed by atoms with E-state index in [1.165, 1.54) is 41.5 Å². The third-order valence-corrected chi connectivity index (χ3v) is 6.57. The van der Waals surface area contributed by atoms with E-state index in [1.807, 2.05) is 0 Å². The number of carbonyl (C=O) groups excluding carboxylic acids is 1. The predicted octanol–water partition coefficient (Wildman–Crippen LogP) is 4.84. The van der Waals surface area contributed by atoms with E-state index >= 15 is 0 Å². The second-order valence-corrected chi connectivity index (χ2v) is 9.89. The normalized spacial score (nSPS) is 15.2. The average Bonchev–Trinajstić information content (AvgIpc) is 3.34. The number of hydrogen-bond donors (Lipinski definition) is 2. The van der Waals surface area contributed by atoms with Crippen LogP contribution in [0, 0.1) is 5.92 Å². The van der Waals surface area contributed by atoms with Gasteiger partial charge in [-0.3, -0.25) is 4.79 Å². The molecular weight excluding hydrogens is 376 g/mol.